The molecule has 3 heterocycles. The maximum Gasteiger partial charge on any atom is 0.250 e. The first-order valence-corrected chi connectivity index (χ1v) is 13.7. The number of rotatable bonds is 12. The molecule has 9 nitrogen and oxygen atoms in total. The summed E-state index contributed by atoms with van der Waals surface area (Å²) in [6, 6.07) is 6.95. The summed E-state index contributed by atoms with van der Waals surface area (Å²) in [5.74, 6) is -1.95. The number of carbonyl (C=O) groups excluding carboxylic acids is 3. The lowest BCUT2D eigenvalue weighted by Crippen LogP contribution is -2.53. The van der Waals surface area contributed by atoms with Crippen molar-refractivity contribution in [1.29, 1.82) is 0 Å². The quantitative estimate of drug-likeness (QED) is 0.370. The Balaban J connectivity index is 1.60. The second-order valence-corrected chi connectivity index (χ2v) is 10.7. The number of hydrogen-bond acceptors (Lipinski definition) is 6. The van der Waals surface area contributed by atoms with E-state index in [2.05, 4.69) is 29.4 Å². The van der Waals surface area contributed by atoms with Gasteiger partial charge in [0.2, 0.25) is 17.7 Å². The molecule has 0 saturated carbocycles. The van der Waals surface area contributed by atoms with E-state index in [1.165, 1.54) is 0 Å². The smallest absolute Gasteiger partial charge is 0.250 e. The molecule has 3 aliphatic heterocycles. The molecule has 2 unspecified atom stereocenters. The summed E-state index contributed by atoms with van der Waals surface area (Å²) in [5.41, 5.74) is -0.0317. The molecule has 0 aromatic heterocycles. The minimum atomic E-state index is -1.01. The van der Waals surface area contributed by atoms with E-state index in [-0.39, 0.29) is 24.3 Å². The van der Waals surface area contributed by atoms with Gasteiger partial charge in [-0.1, -0.05) is 12.8 Å². The third kappa shape index (κ3) is 4.72. The van der Waals surface area contributed by atoms with Crippen molar-refractivity contribution in [3.8, 4) is 0 Å². The SMILES string of the molecule is CCN(CC)c1ccc(NC(=O)C2N(CCCCCCO)C(=O)[C@@H]3[C@H](C(=O)NC)[C@]4(C)CCC23O4)cc1. The lowest BCUT2D eigenvalue weighted by Gasteiger charge is -2.33. The minimum Gasteiger partial charge on any atom is -0.396 e. The third-order valence-electron chi connectivity index (χ3n) is 8.62. The second-order valence-electron chi connectivity index (χ2n) is 10.7. The molecule has 2 bridgehead atoms. The van der Waals surface area contributed by atoms with Gasteiger partial charge in [0, 0.05) is 44.7 Å². The third-order valence-corrected chi connectivity index (χ3v) is 8.62. The Bertz CT molecular complexity index is 997. The summed E-state index contributed by atoms with van der Waals surface area (Å²) in [6.07, 6.45) is 4.33. The fraction of sp³-hybridized carbons (Fsp3) is 0.679. The second kappa shape index (κ2) is 11.0. The highest BCUT2D eigenvalue weighted by Crippen LogP contribution is 2.63. The molecule has 37 heavy (non-hydrogen) atoms. The van der Waals surface area contributed by atoms with Crippen LogP contribution in [0, 0.1) is 11.8 Å². The molecule has 3 N–H and O–H groups in total. The maximum atomic E-state index is 13.9. The molecule has 1 aromatic rings. The molecule has 204 valence electrons. The monoisotopic (exact) mass is 514 g/mol. The van der Waals surface area contributed by atoms with Gasteiger partial charge in [-0.15, -0.1) is 0 Å². The van der Waals surface area contributed by atoms with E-state index in [9.17, 15) is 14.4 Å². The van der Waals surface area contributed by atoms with E-state index in [1.807, 2.05) is 31.2 Å². The van der Waals surface area contributed by atoms with Crippen molar-refractivity contribution in [2.24, 2.45) is 11.8 Å². The van der Waals surface area contributed by atoms with Crippen LogP contribution in [0.5, 0.6) is 0 Å². The summed E-state index contributed by atoms with van der Waals surface area (Å²) < 4.78 is 6.58. The Hall–Kier alpha value is -2.65. The van der Waals surface area contributed by atoms with E-state index in [1.54, 1.807) is 11.9 Å². The predicted octanol–water partition coefficient (Wildman–Crippen LogP) is 2.53. The number of unbranched alkanes of at least 4 members (excludes halogenated alkanes) is 3. The van der Waals surface area contributed by atoms with Crippen LogP contribution in [-0.4, -0.2) is 78.3 Å². The fourth-order valence-corrected chi connectivity index (χ4v) is 6.83. The number of benzene rings is 1. The molecule has 0 aliphatic carbocycles. The van der Waals surface area contributed by atoms with Crippen LogP contribution < -0.4 is 15.5 Å². The van der Waals surface area contributed by atoms with Crippen LogP contribution in [-0.2, 0) is 19.1 Å². The number of nitrogens with one attached hydrogen (secondary N) is 2. The molecule has 0 radical (unpaired) electrons. The van der Waals surface area contributed by atoms with Gasteiger partial charge in [0.15, 0.2) is 0 Å². The number of hydrogen-bond donors (Lipinski definition) is 3. The van der Waals surface area contributed by atoms with Gasteiger partial charge < -0.3 is 30.3 Å². The Morgan fingerprint density at radius 2 is 1.76 bits per heavy atom. The van der Waals surface area contributed by atoms with Gasteiger partial charge in [-0.3, -0.25) is 14.4 Å². The van der Waals surface area contributed by atoms with Crippen molar-refractivity contribution in [2.75, 3.05) is 43.5 Å². The van der Waals surface area contributed by atoms with Gasteiger partial charge in [0.05, 0.1) is 17.4 Å². The number of fused-ring (bicyclic) bond motifs is 1. The molecule has 9 heteroatoms. The van der Waals surface area contributed by atoms with E-state index in [0.717, 1.165) is 38.0 Å². The maximum absolute atomic E-state index is 13.9. The minimum absolute atomic E-state index is 0.145. The Kier molecular flexibility index (Phi) is 8.14. The molecule has 1 aromatic carbocycles. The fourth-order valence-electron chi connectivity index (χ4n) is 6.83. The number of likely N-dealkylation sites (tertiary alicyclic amines) is 1. The van der Waals surface area contributed by atoms with E-state index in [4.69, 9.17) is 9.84 Å². The molecular weight excluding hydrogens is 472 g/mol. The standard InChI is InChI=1S/C28H42N4O5/c1-5-31(6-2)20-13-11-19(12-14-20)30-25(35)23-28-16-15-27(3,37-28)21(24(34)29-4)22(28)26(36)32(23)17-9-7-8-10-18-33/h11-14,21-23,33H,5-10,15-18H2,1-4H3,(H,29,34)(H,30,35)/t21-,22+,23?,27+,28?/m1/s1. The van der Waals surface area contributed by atoms with Crippen molar-refractivity contribution in [3.05, 3.63) is 24.3 Å². The number of aliphatic hydroxyl groups is 1. The molecule has 3 fully saturated rings. The van der Waals surface area contributed by atoms with E-state index < -0.39 is 29.1 Å². The topological polar surface area (TPSA) is 111 Å². The van der Waals surface area contributed by atoms with Gasteiger partial charge in [-0.2, -0.15) is 0 Å². The highest BCUT2D eigenvalue weighted by Gasteiger charge is 2.77. The van der Waals surface area contributed by atoms with Gasteiger partial charge in [-0.25, -0.2) is 0 Å². The van der Waals surface area contributed by atoms with Crippen LogP contribution in [0.25, 0.3) is 0 Å². The van der Waals surface area contributed by atoms with Crippen LogP contribution in [0.2, 0.25) is 0 Å². The zero-order chi connectivity index (χ0) is 26.8. The number of aliphatic hydroxyl groups excluding tert-OH is 1. The Labute approximate surface area is 219 Å². The first kappa shape index (κ1) is 27.4. The molecular formula is C28H42N4O5. The molecule has 3 amide bonds. The predicted molar refractivity (Wildman–Crippen MR) is 142 cm³/mol. The summed E-state index contributed by atoms with van der Waals surface area (Å²) in [7, 11) is 1.58. The summed E-state index contributed by atoms with van der Waals surface area (Å²) >= 11 is 0. The van der Waals surface area contributed by atoms with Crippen LogP contribution >= 0.6 is 0 Å². The zero-order valence-corrected chi connectivity index (χ0v) is 22.6. The van der Waals surface area contributed by atoms with Gasteiger partial charge in [-0.05, 0) is 70.7 Å². The number of amides is 3. The van der Waals surface area contributed by atoms with Gasteiger partial charge in [0.1, 0.15) is 11.6 Å². The normalized spacial score (nSPS) is 29.9. The van der Waals surface area contributed by atoms with E-state index >= 15 is 0 Å². The van der Waals surface area contributed by atoms with Gasteiger partial charge >= 0.3 is 0 Å². The molecule has 5 atom stereocenters. The highest BCUT2D eigenvalue weighted by atomic mass is 16.5. The van der Waals surface area contributed by atoms with E-state index in [0.29, 0.717) is 31.5 Å². The lowest BCUT2D eigenvalue weighted by molar-refractivity contribution is -0.144. The largest absolute Gasteiger partial charge is 0.396 e. The average molecular weight is 515 g/mol. The van der Waals surface area contributed by atoms with Crippen LogP contribution in [0.3, 0.4) is 0 Å². The Morgan fingerprint density at radius 3 is 2.38 bits per heavy atom. The molecule has 3 aliphatic rings. The van der Waals surface area contributed by atoms with Crippen molar-refractivity contribution in [1.82, 2.24) is 10.2 Å². The number of ether oxygens (including phenoxy) is 1. The zero-order valence-electron chi connectivity index (χ0n) is 22.6. The molecule has 3 saturated heterocycles. The van der Waals surface area contributed by atoms with Crippen LogP contribution in [0.15, 0.2) is 24.3 Å². The number of nitrogens with zero attached hydrogens (tertiary/aromatic N) is 2. The first-order valence-electron chi connectivity index (χ1n) is 13.7. The highest BCUT2D eigenvalue weighted by molar-refractivity contribution is 6.03. The average Bonchev–Trinajstić information content (AvgIpc) is 3.46. The Morgan fingerprint density at radius 1 is 1.08 bits per heavy atom. The number of anilines is 2. The first-order chi connectivity index (χ1) is 17.8. The summed E-state index contributed by atoms with van der Waals surface area (Å²) in [5, 5.41) is 14.8. The van der Waals surface area contributed by atoms with Crippen molar-refractivity contribution in [2.45, 2.75) is 76.5 Å². The summed E-state index contributed by atoms with van der Waals surface area (Å²) in [4.78, 5) is 44.6. The van der Waals surface area contributed by atoms with Crippen LogP contribution in [0.4, 0.5) is 11.4 Å². The number of carbonyl (C=O) groups is 3. The molecule has 4 rings (SSSR count). The molecule has 1 spiro atoms. The van der Waals surface area contributed by atoms with Crippen molar-refractivity contribution >= 4 is 29.1 Å². The van der Waals surface area contributed by atoms with Crippen molar-refractivity contribution in [3.63, 3.8) is 0 Å². The lowest BCUT2D eigenvalue weighted by atomic mass is 9.66. The van der Waals surface area contributed by atoms with Crippen LogP contribution in [0.1, 0.15) is 59.3 Å². The summed E-state index contributed by atoms with van der Waals surface area (Å²) in [6.45, 7) is 8.46. The van der Waals surface area contributed by atoms with Gasteiger partial charge in [0.25, 0.3) is 0 Å². The van der Waals surface area contributed by atoms with Crippen molar-refractivity contribution < 1.29 is 24.2 Å².